The molecular weight excluding hydrogens is 582 g/mol. The Morgan fingerprint density at radius 2 is 0.733 bits per heavy atom. The molecule has 4 rings (SSSR count). The fourth-order valence-electron chi connectivity index (χ4n) is 4.16. The SMILES string of the molecule is CCCOOc1ccc(-c2nc(-c3ccc(OOCCC)c(C)c3O)nc(-c3ccc(OOCCC)c(C)c3O)n2)c(O)c1C. The van der Waals surface area contributed by atoms with Crippen LogP contribution in [-0.2, 0) is 14.7 Å². The van der Waals surface area contributed by atoms with Crippen molar-refractivity contribution in [3.8, 4) is 68.7 Å². The predicted molar refractivity (Wildman–Crippen MR) is 166 cm³/mol. The van der Waals surface area contributed by atoms with Crippen LogP contribution in [0.3, 0.4) is 0 Å². The Kier molecular flexibility index (Phi) is 11.4. The molecule has 0 amide bonds. The van der Waals surface area contributed by atoms with Gasteiger partial charge in [-0.3, -0.25) is 0 Å². The summed E-state index contributed by atoms with van der Waals surface area (Å²) in [4.78, 5) is 45.5. The quantitative estimate of drug-likeness (QED) is 0.0706. The van der Waals surface area contributed by atoms with Gasteiger partial charge in [-0.2, -0.15) is 14.7 Å². The minimum absolute atomic E-state index is 0.0870. The number of aromatic hydroxyl groups is 3. The molecule has 45 heavy (non-hydrogen) atoms. The lowest BCUT2D eigenvalue weighted by molar-refractivity contribution is -0.206. The van der Waals surface area contributed by atoms with Gasteiger partial charge in [0.15, 0.2) is 34.7 Å². The lowest BCUT2D eigenvalue weighted by Crippen LogP contribution is -2.04. The molecule has 0 aliphatic heterocycles. The van der Waals surface area contributed by atoms with Gasteiger partial charge in [0.2, 0.25) is 0 Å². The average molecular weight is 622 g/mol. The van der Waals surface area contributed by atoms with Gasteiger partial charge >= 0.3 is 0 Å². The molecule has 0 spiro atoms. The molecule has 1 heterocycles. The molecule has 0 fully saturated rings. The van der Waals surface area contributed by atoms with Crippen LogP contribution in [0, 0.1) is 20.8 Å². The lowest BCUT2D eigenvalue weighted by atomic mass is 10.1. The van der Waals surface area contributed by atoms with Crippen LogP contribution in [-0.4, -0.2) is 50.1 Å². The van der Waals surface area contributed by atoms with Gasteiger partial charge in [0, 0.05) is 16.7 Å². The molecule has 1 aromatic heterocycles. The number of aromatic nitrogens is 3. The van der Waals surface area contributed by atoms with Crippen LogP contribution in [0.4, 0.5) is 0 Å². The van der Waals surface area contributed by atoms with Crippen LogP contribution >= 0.6 is 0 Å². The molecule has 240 valence electrons. The number of phenolic OH excluding ortho intramolecular Hbond substituents is 3. The van der Waals surface area contributed by atoms with E-state index in [0.29, 0.717) is 53.8 Å². The maximum absolute atomic E-state index is 11.2. The van der Waals surface area contributed by atoms with Crippen LogP contribution in [0.15, 0.2) is 36.4 Å². The first-order chi connectivity index (χ1) is 21.7. The minimum Gasteiger partial charge on any atom is -0.507 e. The largest absolute Gasteiger partial charge is 0.507 e. The Balaban J connectivity index is 1.86. The minimum atomic E-state index is -0.134. The molecular formula is C33H39N3O9. The molecule has 0 radical (unpaired) electrons. The second-order valence-electron chi connectivity index (χ2n) is 10.3. The molecule has 0 saturated carbocycles. The fourth-order valence-corrected chi connectivity index (χ4v) is 4.16. The summed E-state index contributed by atoms with van der Waals surface area (Å²) >= 11 is 0. The van der Waals surface area contributed by atoms with Gasteiger partial charge in [0.05, 0.1) is 36.5 Å². The molecule has 12 heteroatoms. The Bertz CT molecular complexity index is 1430. The average Bonchev–Trinajstić information content (AvgIpc) is 3.03. The van der Waals surface area contributed by atoms with E-state index in [1.54, 1.807) is 57.2 Å². The first kappa shape index (κ1) is 33.2. The van der Waals surface area contributed by atoms with Crippen molar-refractivity contribution in [3.05, 3.63) is 53.1 Å². The van der Waals surface area contributed by atoms with Crippen molar-refractivity contribution >= 4 is 0 Å². The first-order valence-corrected chi connectivity index (χ1v) is 14.8. The Labute approximate surface area is 261 Å². The number of hydrogen-bond acceptors (Lipinski definition) is 12. The zero-order valence-corrected chi connectivity index (χ0v) is 26.3. The number of hydrogen-bond donors (Lipinski definition) is 3. The monoisotopic (exact) mass is 621 g/mol. The summed E-state index contributed by atoms with van der Waals surface area (Å²) in [5, 5.41) is 33.6. The molecule has 3 N–H and O–H groups in total. The molecule has 0 atom stereocenters. The highest BCUT2D eigenvalue weighted by Gasteiger charge is 2.23. The second-order valence-corrected chi connectivity index (χ2v) is 10.3. The maximum atomic E-state index is 11.2. The third-order valence-corrected chi connectivity index (χ3v) is 6.81. The van der Waals surface area contributed by atoms with Crippen molar-refractivity contribution in [2.75, 3.05) is 19.8 Å². The summed E-state index contributed by atoms with van der Waals surface area (Å²) < 4.78 is 0. The van der Waals surface area contributed by atoms with Crippen LogP contribution in [0.25, 0.3) is 34.2 Å². The maximum Gasteiger partial charge on any atom is 0.172 e. The van der Waals surface area contributed by atoms with Gasteiger partial charge in [-0.1, -0.05) is 20.8 Å². The number of rotatable bonds is 15. The first-order valence-electron chi connectivity index (χ1n) is 14.8. The van der Waals surface area contributed by atoms with Gasteiger partial charge in [-0.25, -0.2) is 15.0 Å². The standard InChI is InChI=1S/C33H39N3O9/c1-7-16-40-43-25-13-10-22(28(37)19(25)4)31-34-32(23-11-14-26(20(5)29(23)38)44-41-17-8-2)36-33(35-31)24-12-15-27(21(6)30(24)39)45-42-18-9-3/h10-15,37-39H,7-9,16-18H2,1-6H3. The summed E-state index contributed by atoms with van der Waals surface area (Å²) in [6.07, 6.45) is 2.28. The van der Waals surface area contributed by atoms with E-state index in [1.807, 2.05) is 20.8 Å². The molecule has 12 nitrogen and oxygen atoms in total. The zero-order chi connectivity index (χ0) is 32.5. The van der Waals surface area contributed by atoms with Crippen LogP contribution in [0.1, 0.15) is 56.7 Å². The molecule has 0 aliphatic rings. The third kappa shape index (κ3) is 7.54. The Hall–Kier alpha value is -4.65. The second kappa shape index (κ2) is 15.4. The van der Waals surface area contributed by atoms with E-state index in [9.17, 15) is 15.3 Å². The fraction of sp³-hybridized carbons (Fsp3) is 0.364. The summed E-state index contributed by atoms with van der Waals surface area (Å²) in [5.74, 6) is 0.866. The van der Waals surface area contributed by atoms with Crippen molar-refractivity contribution in [3.63, 3.8) is 0 Å². The summed E-state index contributed by atoms with van der Waals surface area (Å²) in [7, 11) is 0. The van der Waals surface area contributed by atoms with E-state index in [0.717, 1.165) is 19.3 Å². The summed E-state index contributed by atoms with van der Waals surface area (Å²) in [6.45, 7) is 12.0. The van der Waals surface area contributed by atoms with Gasteiger partial charge in [0.1, 0.15) is 17.2 Å². The van der Waals surface area contributed by atoms with Crippen LogP contribution in [0.5, 0.6) is 34.5 Å². The number of benzene rings is 3. The molecule has 0 aliphatic carbocycles. The van der Waals surface area contributed by atoms with E-state index in [4.69, 9.17) is 29.3 Å². The smallest absolute Gasteiger partial charge is 0.172 e. The summed E-state index contributed by atoms with van der Waals surface area (Å²) in [5.41, 5.74) is 2.04. The van der Waals surface area contributed by atoms with Crippen LogP contribution in [0.2, 0.25) is 0 Å². The highest BCUT2D eigenvalue weighted by molar-refractivity contribution is 5.76. The van der Waals surface area contributed by atoms with E-state index in [1.165, 1.54) is 0 Å². The molecule has 0 saturated heterocycles. The zero-order valence-electron chi connectivity index (χ0n) is 26.3. The Morgan fingerprint density at radius 1 is 0.467 bits per heavy atom. The van der Waals surface area contributed by atoms with Gasteiger partial charge in [0.25, 0.3) is 0 Å². The van der Waals surface area contributed by atoms with E-state index in [-0.39, 0.29) is 51.4 Å². The van der Waals surface area contributed by atoms with Gasteiger partial charge in [-0.05, 0) is 76.4 Å². The predicted octanol–water partition coefficient (Wildman–Crippen LogP) is 7.08. The van der Waals surface area contributed by atoms with Crippen molar-refractivity contribution in [1.82, 2.24) is 15.0 Å². The van der Waals surface area contributed by atoms with E-state index in [2.05, 4.69) is 15.0 Å². The normalized spacial score (nSPS) is 11.1. The number of nitrogens with zero attached hydrogens (tertiary/aromatic N) is 3. The lowest BCUT2D eigenvalue weighted by Gasteiger charge is -2.15. The van der Waals surface area contributed by atoms with Crippen molar-refractivity contribution in [1.29, 1.82) is 0 Å². The van der Waals surface area contributed by atoms with E-state index >= 15 is 0 Å². The molecule has 0 bridgehead atoms. The van der Waals surface area contributed by atoms with E-state index < -0.39 is 0 Å². The molecule has 4 aromatic rings. The van der Waals surface area contributed by atoms with Crippen molar-refractivity contribution < 1.29 is 44.6 Å². The topological polar surface area (TPSA) is 155 Å². The van der Waals surface area contributed by atoms with Gasteiger partial charge in [-0.15, -0.1) is 0 Å². The molecule has 0 unspecified atom stereocenters. The van der Waals surface area contributed by atoms with Gasteiger partial charge < -0.3 is 30.0 Å². The van der Waals surface area contributed by atoms with Crippen LogP contribution < -0.4 is 14.7 Å². The van der Waals surface area contributed by atoms with Crippen molar-refractivity contribution in [2.24, 2.45) is 0 Å². The highest BCUT2D eigenvalue weighted by Crippen LogP contribution is 2.41. The Morgan fingerprint density at radius 3 is 0.978 bits per heavy atom. The highest BCUT2D eigenvalue weighted by atomic mass is 17.2. The number of phenols is 3. The summed E-state index contributed by atoms with van der Waals surface area (Å²) in [6, 6.07) is 9.69. The van der Waals surface area contributed by atoms with Crippen molar-refractivity contribution in [2.45, 2.75) is 60.8 Å². The third-order valence-electron chi connectivity index (χ3n) is 6.81. The molecule has 3 aromatic carbocycles.